The molecule has 1 aromatic rings. The fourth-order valence-corrected chi connectivity index (χ4v) is 5.08. The van der Waals surface area contributed by atoms with Crippen molar-refractivity contribution in [1.82, 2.24) is 9.21 Å². The van der Waals surface area contributed by atoms with Gasteiger partial charge in [0.1, 0.15) is 0 Å². The smallest absolute Gasteiger partial charge is 0.218 e. The van der Waals surface area contributed by atoms with Gasteiger partial charge in [0, 0.05) is 31.2 Å². The van der Waals surface area contributed by atoms with Crippen LogP contribution in [0, 0.1) is 0 Å². The van der Waals surface area contributed by atoms with Crippen LogP contribution >= 0.6 is 0 Å². The van der Waals surface area contributed by atoms with Crippen LogP contribution in [-0.4, -0.2) is 57.9 Å². The van der Waals surface area contributed by atoms with Gasteiger partial charge < -0.3 is 10.2 Å². The number of anilines is 1. The first-order valence-corrected chi connectivity index (χ1v) is 10.1. The van der Waals surface area contributed by atoms with Crippen molar-refractivity contribution >= 4 is 15.7 Å². The lowest BCUT2D eigenvalue weighted by molar-refractivity contribution is 0.386. The molecule has 0 bridgehead atoms. The monoisotopic (exact) mass is 337 g/mol. The van der Waals surface area contributed by atoms with Crippen molar-refractivity contribution in [3.8, 4) is 0 Å². The summed E-state index contributed by atoms with van der Waals surface area (Å²) >= 11 is 0. The molecular formula is C17H27N3O2S. The van der Waals surface area contributed by atoms with E-state index in [2.05, 4.69) is 30.4 Å². The first-order valence-electron chi connectivity index (χ1n) is 8.45. The third-order valence-corrected chi connectivity index (χ3v) is 6.68. The lowest BCUT2D eigenvalue weighted by Gasteiger charge is -2.17. The Labute approximate surface area is 139 Å². The molecule has 1 atom stereocenters. The molecule has 0 spiro atoms. The van der Waals surface area contributed by atoms with E-state index in [1.807, 2.05) is 12.1 Å². The molecule has 6 heteroatoms. The Morgan fingerprint density at radius 2 is 2.00 bits per heavy atom. The maximum atomic E-state index is 12.5. The molecule has 23 heavy (non-hydrogen) atoms. The highest BCUT2D eigenvalue weighted by Gasteiger charge is 2.27. The Morgan fingerprint density at radius 3 is 2.70 bits per heavy atom. The highest BCUT2D eigenvalue weighted by Crippen LogP contribution is 2.35. The van der Waals surface area contributed by atoms with Crippen LogP contribution in [0.25, 0.3) is 0 Å². The van der Waals surface area contributed by atoms with Crippen molar-refractivity contribution in [2.24, 2.45) is 0 Å². The molecule has 2 aliphatic heterocycles. The summed E-state index contributed by atoms with van der Waals surface area (Å²) in [4.78, 5) is 2.19. The van der Waals surface area contributed by atoms with E-state index in [1.54, 1.807) is 4.31 Å². The molecule has 2 aliphatic rings. The number of hydrogen-bond acceptors (Lipinski definition) is 4. The topological polar surface area (TPSA) is 52.7 Å². The Morgan fingerprint density at radius 1 is 1.26 bits per heavy atom. The molecule has 1 unspecified atom stereocenters. The van der Waals surface area contributed by atoms with Crippen LogP contribution in [0.3, 0.4) is 0 Å². The van der Waals surface area contributed by atoms with Crippen molar-refractivity contribution in [3.63, 3.8) is 0 Å². The van der Waals surface area contributed by atoms with Gasteiger partial charge >= 0.3 is 0 Å². The molecule has 0 saturated carbocycles. The summed E-state index contributed by atoms with van der Waals surface area (Å²) in [7, 11) is 1.00. The fraction of sp³-hybridized carbons (Fsp3) is 0.647. The lowest BCUT2D eigenvalue weighted by Crippen LogP contribution is -2.29. The second-order valence-electron chi connectivity index (χ2n) is 6.95. The van der Waals surface area contributed by atoms with Crippen LogP contribution in [0.4, 0.5) is 5.69 Å². The molecule has 0 aromatic heterocycles. The van der Waals surface area contributed by atoms with Crippen LogP contribution in [0.5, 0.6) is 0 Å². The van der Waals surface area contributed by atoms with Crippen LogP contribution < -0.4 is 5.32 Å². The summed E-state index contributed by atoms with van der Waals surface area (Å²) in [5.74, 6) is 0.600. The predicted octanol–water partition coefficient (Wildman–Crippen LogP) is 2.07. The third-order valence-electron chi connectivity index (χ3n) is 4.83. The summed E-state index contributed by atoms with van der Waals surface area (Å²) < 4.78 is 26.6. The SMILES string of the molecule is CN(C)CCC1CNc2ccc(CS(=O)(=O)N3CCCC3)cc21. The van der Waals surface area contributed by atoms with Gasteiger partial charge in [-0.25, -0.2) is 12.7 Å². The van der Waals surface area contributed by atoms with Gasteiger partial charge in [-0.15, -0.1) is 0 Å². The molecule has 0 radical (unpaired) electrons. The molecule has 5 nitrogen and oxygen atoms in total. The molecule has 1 saturated heterocycles. The van der Waals surface area contributed by atoms with E-state index in [9.17, 15) is 8.42 Å². The second-order valence-corrected chi connectivity index (χ2v) is 8.92. The van der Waals surface area contributed by atoms with Crippen molar-refractivity contribution in [2.45, 2.75) is 30.9 Å². The highest BCUT2D eigenvalue weighted by atomic mass is 32.2. The largest absolute Gasteiger partial charge is 0.384 e. The van der Waals surface area contributed by atoms with Gasteiger partial charge in [0.15, 0.2) is 0 Å². The second kappa shape index (κ2) is 6.79. The van der Waals surface area contributed by atoms with E-state index >= 15 is 0 Å². The van der Waals surface area contributed by atoms with Gasteiger partial charge in [-0.2, -0.15) is 0 Å². The zero-order valence-corrected chi connectivity index (χ0v) is 14.9. The van der Waals surface area contributed by atoms with E-state index in [1.165, 1.54) is 5.56 Å². The Bertz CT molecular complexity index is 652. The number of nitrogens with zero attached hydrogens (tertiary/aromatic N) is 2. The molecule has 128 valence electrons. The van der Waals surface area contributed by atoms with E-state index < -0.39 is 10.0 Å². The van der Waals surface area contributed by atoms with Gasteiger partial charge in [0.2, 0.25) is 10.0 Å². The molecule has 3 rings (SSSR count). The maximum absolute atomic E-state index is 12.5. The van der Waals surface area contributed by atoms with Crippen LogP contribution in [0.1, 0.15) is 36.3 Å². The highest BCUT2D eigenvalue weighted by molar-refractivity contribution is 7.88. The van der Waals surface area contributed by atoms with Crippen molar-refractivity contribution in [3.05, 3.63) is 29.3 Å². The van der Waals surface area contributed by atoms with E-state index in [0.717, 1.165) is 43.6 Å². The quantitative estimate of drug-likeness (QED) is 0.863. The van der Waals surface area contributed by atoms with Gasteiger partial charge in [-0.1, -0.05) is 12.1 Å². The molecule has 1 aromatic carbocycles. The first-order chi connectivity index (χ1) is 11.0. The van der Waals surface area contributed by atoms with Crippen molar-refractivity contribution < 1.29 is 8.42 Å². The van der Waals surface area contributed by atoms with E-state index in [-0.39, 0.29) is 5.75 Å². The van der Waals surface area contributed by atoms with Crippen molar-refractivity contribution in [1.29, 1.82) is 0 Å². The summed E-state index contributed by atoms with van der Waals surface area (Å²) in [6, 6.07) is 6.09. The van der Waals surface area contributed by atoms with Crippen LogP contribution in [-0.2, 0) is 15.8 Å². The number of sulfonamides is 1. The number of rotatable bonds is 6. The van der Waals surface area contributed by atoms with Crippen LogP contribution in [0.2, 0.25) is 0 Å². The number of fused-ring (bicyclic) bond motifs is 1. The number of nitrogens with one attached hydrogen (secondary N) is 1. The zero-order chi connectivity index (χ0) is 16.4. The Balaban J connectivity index is 1.74. The number of benzene rings is 1. The van der Waals surface area contributed by atoms with E-state index in [0.29, 0.717) is 19.0 Å². The minimum Gasteiger partial charge on any atom is -0.384 e. The standard InChI is InChI=1S/C17H27N3O2S/c1-19(2)10-7-15-12-18-17-6-5-14(11-16(15)17)13-23(21,22)20-8-3-4-9-20/h5-6,11,15,18H,3-4,7-10,12-13H2,1-2H3. The minimum absolute atomic E-state index is 0.126. The first kappa shape index (κ1) is 16.7. The molecule has 1 N–H and O–H groups in total. The average molecular weight is 337 g/mol. The third kappa shape index (κ3) is 3.87. The summed E-state index contributed by atoms with van der Waals surface area (Å²) in [6.45, 7) is 3.36. The average Bonchev–Trinajstić information content (AvgIpc) is 3.14. The summed E-state index contributed by atoms with van der Waals surface area (Å²) in [5.41, 5.74) is 3.35. The van der Waals surface area contributed by atoms with Gasteiger partial charge in [-0.3, -0.25) is 0 Å². The maximum Gasteiger partial charge on any atom is 0.218 e. The molecule has 0 amide bonds. The number of hydrogen-bond donors (Lipinski definition) is 1. The molecular weight excluding hydrogens is 310 g/mol. The molecule has 0 aliphatic carbocycles. The zero-order valence-electron chi connectivity index (χ0n) is 14.1. The van der Waals surface area contributed by atoms with E-state index in [4.69, 9.17) is 0 Å². The molecule has 2 heterocycles. The Hall–Kier alpha value is -1.11. The van der Waals surface area contributed by atoms with Crippen molar-refractivity contribution in [2.75, 3.05) is 45.6 Å². The Kier molecular flexibility index (Phi) is 4.94. The van der Waals surface area contributed by atoms with Gasteiger partial charge in [-0.05, 0) is 57.1 Å². The predicted molar refractivity (Wildman–Crippen MR) is 94.3 cm³/mol. The summed E-state index contributed by atoms with van der Waals surface area (Å²) in [6.07, 6.45) is 3.06. The van der Waals surface area contributed by atoms with Gasteiger partial charge in [0.05, 0.1) is 5.75 Å². The van der Waals surface area contributed by atoms with Gasteiger partial charge in [0.25, 0.3) is 0 Å². The molecule has 1 fully saturated rings. The fourth-order valence-electron chi connectivity index (χ4n) is 3.48. The summed E-state index contributed by atoms with van der Waals surface area (Å²) in [5, 5.41) is 3.44. The minimum atomic E-state index is -3.17. The normalized spacial score (nSPS) is 21.6. The lowest BCUT2D eigenvalue weighted by atomic mass is 9.96. The van der Waals surface area contributed by atoms with Crippen LogP contribution in [0.15, 0.2) is 18.2 Å².